The van der Waals surface area contributed by atoms with E-state index in [0.29, 0.717) is 63.4 Å². The lowest BCUT2D eigenvalue weighted by atomic mass is 9.60. The van der Waals surface area contributed by atoms with Crippen LogP contribution in [0.15, 0.2) is 126 Å². The molecule has 1 aromatic heterocycles. The molecular weight excluding hydrogens is 803 g/mol. The molecule has 0 aliphatic heterocycles. The van der Waals surface area contributed by atoms with Crippen molar-refractivity contribution in [1.29, 1.82) is 0 Å². The van der Waals surface area contributed by atoms with Crippen LogP contribution in [0.2, 0.25) is 0 Å². The molecule has 10 nitrogen and oxygen atoms in total. The molecule has 7 rings (SSSR count). The summed E-state index contributed by atoms with van der Waals surface area (Å²) in [6.07, 6.45) is 8.00. The third-order valence-corrected chi connectivity index (χ3v) is 13.4. The minimum Gasteiger partial charge on any atom is -0.497 e. The molecule has 2 aliphatic carbocycles. The van der Waals surface area contributed by atoms with Crippen LogP contribution in [-0.4, -0.2) is 92.4 Å². The smallest absolute Gasteiger partial charge is 0.169 e. The zero-order valence-corrected chi connectivity index (χ0v) is 38.8. The van der Waals surface area contributed by atoms with Crippen molar-refractivity contribution in [2.24, 2.45) is 17.8 Å². The van der Waals surface area contributed by atoms with Crippen LogP contribution in [0.3, 0.4) is 0 Å². The van der Waals surface area contributed by atoms with Gasteiger partial charge in [-0.2, -0.15) is 0 Å². The number of benzene rings is 4. The molecule has 2 saturated carbocycles. The van der Waals surface area contributed by atoms with E-state index < -0.39 is 6.23 Å². The van der Waals surface area contributed by atoms with Crippen LogP contribution in [0.4, 0.5) is 0 Å². The predicted octanol–water partition coefficient (Wildman–Crippen LogP) is 10.0. The molecule has 0 radical (unpaired) electrons. The quantitative estimate of drug-likeness (QED) is 0.0572. The van der Waals surface area contributed by atoms with Gasteiger partial charge in [0.1, 0.15) is 29.2 Å². The van der Waals surface area contributed by atoms with E-state index in [0.717, 1.165) is 47.4 Å². The summed E-state index contributed by atoms with van der Waals surface area (Å²) in [5.74, 6) is 5.36. The van der Waals surface area contributed by atoms with Gasteiger partial charge in [0.25, 0.3) is 0 Å². The van der Waals surface area contributed by atoms with Gasteiger partial charge >= 0.3 is 0 Å². The zero-order valence-electron chi connectivity index (χ0n) is 38.8. The third-order valence-electron chi connectivity index (χ3n) is 13.4. The first-order valence-corrected chi connectivity index (χ1v) is 23.3. The Morgan fingerprint density at radius 2 is 1.14 bits per heavy atom. The Bertz CT molecular complexity index is 2040. The highest BCUT2D eigenvalue weighted by molar-refractivity contribution is 5.29. The first kappa shape index (κ1) is 47.3. The number of furan rings is 1. The molecule has 344 valence electrons. The molecule has 4 unspecified atom stereocenters. The second-order valence-electron chi connectivity index (χ2n) is 18.3. The van der Waals surface area contributed by atoms with Gasteiger partial charge in [0.05, 0.1) is 47.4 Å². The van der Waals surface area contributed by atoms with Crippen molar-refractivity contribution in [3.8, 4) is 17.2 Å². The normalized spacial score (nSPS) is 20.7. The summed E-state index contributed by atoms with van der Waals surface area (Å²) < 4.78 is 36.6. The minimum absolute atomic E-state index is 0.0252. The minimum atomic E-state index is -0.522. The van der Waals surface area contributed by atoms with Crippen molar-refractivity contribution in [3.05, 3.63) is 150 Å². The number of nitrogens with zero attached hydrogens (tertiary/aromatic N) is 3. The maximum atomic E-state index is 10.3. The van der Waals surface area contributed by atoms with Crippen molar-refractivity contribution in [2.75, 3.05) is 60.8 Å². The Labute approximate surface area is 382 Å². The fourth-order valence-corrected chi connectivity index (χ4v) is 10.6. The monoisotopic (exact) mass is 874 g/mol. The number of rotatable bonds is 25. The summed E-state index contributed by atoms with van der Waals surface area (Å²) in [6, 6.07) is 39.5. The van der Waals surface area contributed by atoms with E-state index in [9.17, 15) is 5.11 Å². The average Bonchev–Trinajstić information content (AvgIpc) is 3.85. The number of fused-ring (bicyclic) bond motifs is 2. The van der Waals surface area contributed by atoms with E-state index in [-0.39, 0.29) is 18.4 Å². The molecule has 2 bridgehead atoms. The Morgan fingerprint density at radius 1 is 0.594 bits per heavy atom. The Hall–Kier alpha value is -4.68. The molecule has 1 heterocycles. The maximum absolute atomic E-state index is 10.3. The summed E-state index contributed by atoms with van der Waals surface area (Å²) in [5.41, 5.74) is 4.89. The molecule has 10 heteroatoms. The number of methoxy groups -OCH3 is 3. The van der Waals surface area contributed by atoms with Gasteiger partial charge in [0.2, 0.25) is 0 Å². The number of aliphatic hydroxyl groups excluding tert-OH is 1. The largest absolute Gasteiger partial charge is 0.497 e. The molecule has 2 aliphatic rings. The summed E-state index contributed by atoms with van der Waals surface area (Å²) in [7, 11) is 5.10. The van der Waals surface area contributed by atoms with E-state index in [1.165, 1.54) is 43.2 Å². The molecular formula is C54H71N3O7. The number of ether oxygens (including phenoxy) is 5. The van der Waals surface area contributed by atoms with Gasteiger partial charge in [0.15, 0.2) is 6.23 Å². The summed E-state index contributed by atoms with van der Waals surface area (Å²) in [4.78, 5) is 7.32. The zero-order chi connectivity index (χ0) is 44.7. The summed E-state index contributed by atoms with van der Waals surface area (Å²) in [6.45, 7) is 9.79. The maximum Gasteiger partial charge on any atom is 0.169 e. The van der Waals surface area contributed by atoms with Gasteiger partial charge in [-0.25, -0.2) is 0 Å². The molecule has 4 aromatic carbocycles. The van der Waals surface area contributed by atoms with Crippen LogP contribution in [0, 0.1) is 17.8 Å². The van der Waals surface area contributed by atoms with E-state index >= 15 is 0 Å². The standard InChI is InChI=1S/C54H71N3O7/c1-41-32-47-33-42(2)36-54(35-41,37-47)57(40-46-17-23-50(61-5)24-18-46)27-31-63-52(34-43-10-7-6-8-11-43)55(38-44-13-19-48(59-3)20-14-44)26-30-64-53(51-12-9-29-62-51)56(25-28-58)39-45-15-21-49(60-4)22-16-45/h6-24,29,41-42,47,52-53,58H,25-28,30-40H2,1-5H3. The SMILES string of the molecule is COc1ccc(CN(CCOC(c2ccco2)N(CCO)Cc2ccc(OC)cc2)C(Cc2ccccc2)OCCN(Cc2ccc(OC)cc2)C23CC(C)CC(CC(C)C2)C3)cc1. The Morgan fingerprint density at radius 3 is 1.67 bits per heavy atom. The summed E-state index contributed by atoms with van der Waals surface area (Å²) >= 11 is 0. The molecule has 64 heavy (non-hydrogen) atoms. The van der Waals surface area contributed by atoms with Crippen LogP contribution in [0.1, 0.15) is 80.2 Å². The number of aliphatic hydroxyl groups is 1. The lowest BCUT2D eigenvalue weighted by Gasteiger charge is -2.55. The highest BCUT2D eigenvalue weighted by atomic mass is 16.5. The van der Waals surface area contributed by atoms with Crippen molar-refractivity contribution in [2.45, 2.75) is 90.0 Å². The van der Waals surface area contributed by atoms with E-state index in [1.54, 1.807) is 27.6 Å². The fraction of sp³-hybridized carbons (Fsp3) is 0.481. The molecule has 1 N–H and O–H groups in total. The van der Waals surface area contributed by atoms with E-state index in [4.69, 9.17) is 28.1 Å². The van der Waals surface area contributed by atoms with Crippen LogP contribution in [-0.2, 0) is 35.5 Å². The van der Waals surface area contributed by atoms with Gasteiger partial charge in [-0.1, -0.05) is 80.6 Å². The molecule has 5 aromatic rings. The lowest BCUT2D eigenvalue weighted by molar-refractivity contribution is -0.117. The highest BCUT2D eigenvalue weighted by Crippen LogP contribution is 2.50. The van der Waals surface area contributed by atoms with Gasteiger partial charge in [-0.3, -0.25) is 14.7 Å². The van der Waals surface area contributed by atoms with E-state index in [1.807, 2.05) is 48.5 Å². The van der Waals surface area contributed by atoms with Crippen LogP contribution >= 0.6 is 0 Å². The first-order valence-electron chi connectivity index (χ1n) is 23.3. The van der Waals surface area contributed by atoms with Crippen molar-refractivity contribution >= 4 is 0 Å². The first-order chi connectivity index (χ1) is 31.3. The van der Waals surface area contributed by atoms with Crippen molar-refractivity contribution in [1.82, 2.24) is 14.7 Å². The van der Waals surface area contributed by atoms with Gasteiger partial charge in [0, 0.05) is 51.2 Å². The molecule has 0 amide bonds. The third kappa shape index (κ3) is 13.0. The Kier molecular flexibility index (Phi) is 17.4. The number of hydrogen-bond donors (Lipinski definition) is 1. The second-order valence-corrected chi connectivity index (χ2v) is 18.3. The summed E-state index contributed by atoms with van der Waals surface area (Å²) in [5, 5.41) is 10.3. The molecule has 0 spiro atoms. The van der Waals surface area contributed by atoms with E-state index in [2.05, 4.69) is 95.3 Å². The van der Waals surface area contributed by atoms with Crippen molar-refractivity contribution < 1.29 is 33.2 Å². The van der Waals surface area contributed by atoms with Gasteiger partial charge < -0.3 is 33.2 Å². The average molecular weight is 874 g/mol. The topological polar surface area (TPSA) is 89.2 Å². The van der Waals surface area contributed by atoms with Gasteiger partial charge in [-0.15, -0.1) is 0 Å². The van der Waals surface area contributed by atoms with Gasteiger partial charge in [-0.05, 0) is 121 Å². The van der Waals surface area contributed by atoms with Crippen LogP contribution in [0.25, 0.3) is 0 Å². The van der Waals surface area contributed by atoms with Crippen molar-refractivity contribution in [3.63, 3.8) is 0 Å². The molecule has 0 saturated heterocycles. The second kappa shape index (κ2) is 23.5. The number of hydrogen-bond acceptors (Lipinski definition) is 10. The van der Waals surface area contributed by atoms with Crippen LogP contribution in [0.5, 0.6) is 17.2 Å². The van der Waals surface area contributed by atoms with Crippen LogP contribution < -0.4 is 14.2 Å². The Balaban J connectivity index is 1.15. The fourth-order valence-electron chi connectivity index (χ4n) is 10.6. The highest BCUT2D eigenvalue weighted by Gasteiger charge is 2.47. The molecule has 2 fully saturated rings. The lowest BCUT2D eigenvalue weighted by Crippen LogP contribution is -2.57. The molecule has 4 atom stereocenters. The predicted molar refractivity (Wildman–Crippen MR) is 252 cm³/mol.